The summed E-state index contributed by atoms with van der Waals surface area (Å²) in [6, 6.07) is 41.0. The minimum atomic E-state index is -0.769. The Kier molecular flexibility index (Phi) is 7.31. The molecule has 0 saturated carbocycles. The Balaban J connectivity index is 0.988. The second-order valence-corrected chi connectivity index (χ2v) is 23.3. The van der Waals surface area contributed by atoms with Gasteiger partial charge in [-0.15, -0.1) is 0 Å². The summed E-state index contributed by atoms with van der Waals surface area (Å²) in [7, 11) is 0. The standard InChI is InChI=1S/C83H58N4O/c1-83(2,3)58-49-77-80-78(50-58)87(74-40-22-34-66-65-33-21-39-73(81(65)88-82(66)74)86-71-37-19-15-31-63(71)64-32-16-20-38-72(64)86)75-48-55(52-23-7-4-8-24-52)41-43-67(75)79(80)68-44-42-59(84-69-35-17-13-29-61(69)62-30-14-18-36-70(62)84)51-76(68)85(77)60-46-56(53-25-9-5-10-26-53)45-57(47-60)54-27-11-6-12-28-54/h4-51,79H,1-3H3/i4D,7D,8D,13D,14D,15D,16D,17D,18D,19D,20D,23D,24D,29D,30D,31D,32D,35D,36D,37D,38D. The van der Waals surface area contributed by atoms with E-state index in [-0.39, 0.29) is 77.3 Å². The van der Waals surface area contributed by atoms with E-state index in [1.165, 1.54) is 9.13 Å². The zero-order valence-electron chi connectivity index (χ0n) is 68.4. The van der Waals surface area contributed by atoms with E-state index < -0.39 is 138 Å². The Labute approximate surface area is 540 Å². The number of hydrogen-bond donors (Lipinski definition) is 0. The van der Waals surface area contributed by atoms with Crippen molar-refractivity contribution in [2.45, 2.75) is 32.1 Å². The Morgan fingerprint density at radius 3 is 1.39 bits per heavy atom. The molecule has 0 N–H and O–H groups in total. The third-order valence-electron chi connectivity index (χ3n) is 17.4. The van der Waals surface area contributed by atoms with Crippen LogP contribution in [0.1, 0.15) is 77.7 Å². The highest BCUT2D eigenvalue weighted by Gasteiger charge is 2.43. The fraction of sp³-hybridized carbons (Fsp3) is 0.0602. The number of benzene rings is 13. The van der Waals surface area contributed by atoms with Crippen molar-refractivity contribution in [3.8, 4) is 44.8 Å². The van der Waals surface area contributed by atoms with Crippen LogP contribution in [0.5, 0.6) is 0 Å². The predicted molar refractivity (Wildman–Crippen MR) is 368 cm³/mol. The van der Waals surface area contributed by atoms with Gasteiger partial charge in [0.05, 0.1) is 85.0 Å². The normalized spacial score (nSPS) is 17.0. The van der Waals surface area contributed by atoms with Crippen molar-refractivity contribution in [2.24, 2.45) is 0 Å². The molecule has 0 bridgehead atoms. The van der Waals surface area contributed by atoms with E-state index in [2.05, 4.69) is 56.0 Å². The molecule has 1 unspecified atom stereocenters. The van der Waals surface area contributed by atoms with Crippen LogP contribution in [0.25, 0.3) is 110 Å². The molecule has 0 fully saturated rings. The fourth-order valence-corrected chi connectivity index (χ4v) is 13.5. The van der Waals surface area contributed by atoms with Gasteiger partial charge >= 0.3 is 0 Å². The van der Waals surface area contributed by atoms with Crippen molar-refractivity contribution in [1.82, 2.24) is 9.13 Å². The van der Waals surface area contributed by atoms with Gasteiger partial charge in [-0.3, -0.25) is 0 Å². The number of fused-ring (bicyclic) bond motifs is 13. The smallest absolute Gasteiger partial charge is 0.159 e. The van der Waals surface area contributed by atoms with Gasteiger partial charge in [0.15, 0.2) is 11.2 Å². The molecule has 1 atom stereocenters. The van der Waals surface area contributed by atoms with E-state index >= 15 is 0 Å². The third kappa shape index (κ3) is 7.53. The second-order valence-electron chi connectivity index (χ2n) is 23.3. The van der Waals surface area contributed by atoms with Gasteiger partial charge in [0.2, 0.25) is 0 Å². The van der Waals surface area contributed by atoms with E-state index in [0.29, 0.717) is 56.0 Å². The molecule has 18 rings (SSSR count). The van der Waals surface area contributed by atoms with Crippen LogP contribution in [0, 0.1) is 0 Å². The molecule has 0 spiro atoms. The molecule has 5 nitrogen and oxygen atoms in total. The van der Waals surface area contributed by atoms with Crippen molar-refractivity contribution in [3.63, 3.8) is 0 Å². The van der Waals surface area contributed by atoms with Crippen molar-refractivity contribution >= 4 is 99.7 Å². The van der Waals surface area contributed by atoms with E-state index in [4.69, 9.17) is 19.5 Å². The summed E-state index contributed by atoms with van der Waals surface area (Å²) in [6.45, 7) is 6.26. The SMILES string of the molecule is [2H]c1c([2H])c([2H])c(-c2ccc3c(c2)N(c2cccc4c2oc2c(-n5c6c([2H])c([2H])c([2H])c([2H])c6c6c([2H])c([2H])c([2H])c([2H])c65)cccc24)c2cc(C(C)(C)C)cc4c2C3c2ccc(-n3c5c([2H])c([2H])c([2H])c([2H])c5c5c([2H])c([2H])c([2H])c([2H])c53)cc2N4c2cc(-c3ccccc3)cc(-c3ccccc3)c2)c([2H])c1[2H]. The van der Waals surface area contributed by atoms with Crippen LogP contribution >= 0.6 is 0 Å². The van der Waals surface area contributed by atoms with Crippen molar-refractivity contribution in [2.75, 3.05) is 9.80 Å². The zero-order valence-corrected chi connectivity index (χ0v) is 47.4. The minimum absolute atomic E-state index is 0.0769. The predicted octanol–water partition coefficient (Wildman–Crippen LogP) is 22.8. The molecule has 5 heterocycles. The number of para-hydroxylation sites is 6. The van der Waals surface area contributed by atoms with Crippen molar-refractivity contribution < 1.29 is 33.2 Å². The Morgan fingerprint density at radius 1 is 0.330 bits per heavy atom. The summed E-state index contributed by atoms with van der Waals surface area (Å²) in [5, 5.41) is 0.635. The van der Waals surface area contributed by atoms with Crippen LogP contribution in [-0.4, -0.2) is 9.13 Å². The van der Waals surface area contributed by atoms with E-state index in [1.807, 2.05) is 108 Å². The quantitative estimate of drug-likeness (QED) is 0.159. The van der Waals surface area contributed by atoms with Gasteiger partial charge in [-0.1, -0.05) is 227 Å². The monoisotopic (exact) mass is 1150 g/mol. The van der Waals surface area contributed by atoms with Crippen LogP contribution in [0.3, 0.4) is 0 Å². The summed E-state index contributed by atoms with van der Waals surface area (Å²) < 4.78 is 203. The average molecular weight is 1150 g/mol. The van der Waals surface area contributed by atoms with E-state index in [0.717, 1.165) is 33.4 Å². The van der Waals surface area contributed by atoms with Crippen LogP contribution < -0.4 is 9.80 Å². The van der Waals surface area contributed by atoms with Crippen LogP contribution in [-0.2, 0) is 5.41 Å². The maximum atomic E-state index is 9.64. The third-order valence-corrected chi connectivity index (χ3v) is 17.4. The Hall–Kier alpha value is -11.1. The van der Waals surface area contributed by atoms with Gasteiger partial charge in [0.1, 0.15) is 0 Å². The molecule has 0 saturated heterocycles. The largest absolute Gasteiger partial charge is 0.452 e. The first-order valence-electron chi connectivity index (χ1n) is 39.4. The number of aromatic nitrogens is 2. The molecule has 5 heteroatoms. The molecular formula is C83H58N4O. The van der Waals surface area contributed by atoms with Crippen molar-refractivity contribution in [1.29, 1.82) is 0 Å². The highest BCUT2D eigenvalue weighted by molar-refractivity contribution is 6.16. The first kappa shape index (κ1) is 33.5. The van der Waals surface area contributed by atoms with Crippen molar-refractivity contribution in [3.05, 3.63) is 313 Å². The number of anilines is 6. The molecule has 2 aliphatic rings. The summed E-state index contributed by atoms with van der Waals surface area (Å²) in [4.78, 5) is 4.21. The lowest BCUT2D eigenvalue weighted by molar-refractivity contribution is 0.590. The zero-order chi connectivity index (χ0) is 76.6. The summed E-state index contributed by atoms with van der Waals surface area (Å²) in [6.07, 6.45) is 0. The molecule has 0 radical (unpaired) electrons. The molecule has 16 aromatic rings. The maximum absolute atomic E-state index is 9.64. The molecule has 13 aromatic carbocycles. The maximum Gasteiger partial charge on any atom is 0.159 e. The lowest BCUT2D eigenvalue weighted by atomic mass is 9.73. The number of hydrogen-bond acceptors (Lipinski definition) is 3. The summed E-state index contributed by atoms with van der Waals surface area (Å²) in [5.41, 5.74) is 9.84. The van der Waals surface area contributed by atoms with Crippen LogP contribution in [0.15, 0.2) is 295 Å². The van der Waals surface area contributed by atoms with Gasteiger partial charge in [-0.25, -0.2) is 0 Å². The highest BCUT2D eigenvalue weighted by Crippen LogP contribution is 2.63. The lowest BCUT2D eigenvalue weighted by Gasteiger charge is -2.46. The number of rotatable bonds is 7. The minimum Gasteiger partial charge on any atom is -0.452 e. The van der Waals surface area contributed by atoms with Crippen LogP contribution in [0.2, 0.25) is 0 Å². The molecule has 0 amide bonds. The number of furan rings is 1. The summed E-state index contributed by atoms with van der Waals surface area (Å²) in [5.74, 6) is -0.769. The van der Waals surface area contributed by atoms with E-state index in [9.17, 15) is 13.7 Å². The van der Waals surface area contributed by atoms with E-state index in [1.54, 1.807) is 30.3 Å². The Morgan fingerprint density at radius 2 is 0.818 bits per heavy atom. The topological polar surface area (TPSA) is 29.5 Å². The highest BCUT2D eigenvalue weighted by atomic mass is 16.3. The van der Waals surface area contributed by atoms with Gasteiger partial charge < -0.3 is 23.4 Å². The summed E-state index contributed by atoms with van der Waals surface area (Å²) >= 11 is 0. The van der Waals surface area contributed by atoms with Gasteiger partial charge in [0.25, 0.3) is 0 Å². The van der Waals surface area contributed by atoms with Gasteiger partial charge in [-0.05, 0) is 140 Å². The average Bonchev–Trinajstić information content (AvgIpc) is 1.52. The molecule has 3 aromatic heterocycles. The molecular weight excluding hydrogens is 1070 g/mol. The van der Waals surface area contributed by atoms with Gasteiger partial charge in [0, 0.05) is 55.2 Å². The fourth-order valence-electron chi connectivity index (χ4n) is 13.5. The Bertz CT molecular complexity index is 6580. The number of nitrogens with zero attached hydrogens (tertiary/aromatic N) is 4. The molecule has 2 aliphatic heterocycles. The van der Waals surface area contributed by atoms with Gasteiger partial charge in [-0.2, -0.15) is 0 Å². The first-order chi connectivity index (χ1) is 52.0. The first-order valence-corrected chi connectivity index (χ1v) is 28.9. The molecule has 88 heavy (non-hydrogen) atoms. The molecule has 0 aliphatic carbocycles. The molecule has 416 valence electrons. The van der Waals surface area contributed by atoms with Crippen LogP contribution in [0.4, 0.5) is 34.1 Å². The second kappa shape index (κ2) is 19.2. The lowest BCUT2D eigenvalue weighted by Crippen LogP contribution is -2.30.